The van der Waals surface area contributed by atoms with E-state index in [1.807, 2.05) is 0 Å². The fourth-order valence-corrected chi connectivity index (χ4v) is 3.84. The molecule has 1 rings (SSSR count). The highest BCUT2D eigenvalue weighted by molar-refractivity contribution is 7.91. The van der Waals surface area contributed by atoms with Crippen LogP contribution in [0.4, 0.5) is 9.59 Å². The molecule has 9 heteroatoms. The third-order valence-corrected chi connectivity index (χ3v) is 4.80. The SMILES string of the molecule is CCOC(=O)NCCN(C(=O)OCC)C1CCS(=O)(=O)C1. The number of nitrogens with one attached hydrogen (secondary N) is 1. The van der Waals surface area contributed by atoms with Crippen LogP contribution in [0, 0.1) is 0 Å². The Balaban J connectivity index is 2.57. The number of sulfone groups is 1. The van der Waals surface area contributed by atoms with Crippen LogP contribution >= 0.6 is 0 Å². The van der Waals surface area contributed by atoms with E-state index in [4.69, 9.17) is 9.47 Å². The molecule has 2 amide bonds. The summed E-state index contributed by atoms with van der Waals surface area (Å²) in [6.45, 7) is 4.19. The Bertz CT molecular complexity index is 464. The van der Waals surface area contributed by atoms with E-state index < -0.39 is 28.1 Å². The lowest BCUT2D eigenvalue weighted by Crippen LogP contribution is -2.45. The van der Waals surface area contributed by atoms with E-state index in [2.05, 4.69) is 5.32 Å². The van der Waals surface area contributed by atoms with Gasteiger partial charge in [-0.05, 0) is 20.3 Å². The molecule has 1 fully saturated rings. The van der Waals surface area contributed by atoms with Gasteiger partial charge in [0.15, 0.2) is 9.84 Å². The van der Waals surface area contributed by atoms with Gasteiger partial charge >= 0.3 is 12.2 Å². The van der Waals surface area contributed by atoms with Crippen molar-refractivity contribution < 1.29 is 27.5 Å². The Morgan fingerprint density at radius 1 is 1.24 bits per heavy atom. The Morgan fingerprint density at radius 3 is 2.43 bits per heavy atom. The van der Waals surface area contributed by atoms with Gasteiger partial charge in [0.05, 0.1) is 30.8 Å². The van der Waals surface area contributed by atoms with Gasteiger partial charge in [-0.1, -0.05) is 0 Å². The summed E-state index contributed by atoms with van der Waals surface area (Å²) in [6, 6.07) is -0.405. The molecule has 0 spiro atoms. The summed E-state index contributed by atoms with van der Waals surface area (Å²) < 4.78 is 32.7. The lowest BCUT2D eigenvalue weighted by molar-refractivity contribution is 0.0933. The van der Waals surface area contributed by atoms with Crippen molar-refractivity contribution in [2.45, 2.75) is 26.3 Å². The molecular formula is C12H22N2O6S. The predicted octanol–water partition coefficient (Wildman–Crippen LogP) is 0.378. The third kappa shape index (κ3) is 5.78. The summed E-state index contributed by atoms with van der Waals surface area (Å²) in [4.78, 5) is 24.4. The molecule has 1 unspecified atom stereocenters. The van der Waals surface area contributed by atoms with Gasteiger partial charge in [0.2, 0.25) is 0 Å². The molecule has 0 aromatic carbocycles. The molecule has 1 heterocycles. The number of rotatable bonds is 6. The van der Waals surface area contributed by atoms with Crippen molar-refractivity contribution in [3.63, 3.8) is 0 Å². The summed E-state index contributed by atoms with van der Waals surface area (Å²) in [7, 11) is -3.10. The van der Waals surface area contributed by atoms with Gasteiger partial charge in [0, 0.05) is 13.1 Å². The van der Waals surface area contributed by atoms with E-state index in [1.54, 1.807) is 13.8 Å². The molecule has 8 nitrogen and oxygen atoms in total. The fraction of sp³-hybridized carbons (Fsp3) is 0.833. The van der Waals surface area contributed by atoms with E-state index in [0.29, 0.717) is 6.42 Å². The molecule has 1 aliphatic heterocycles. The van der Waals surface area contributed by atoms with Gasteiger partial charge in [-0.3, -0.25) is 0 Å². The number of hydrogen-bond acceptors (Lipinski definition) is 6. The normalized spacial score (nSPS) is 19.8. The number of nitrogens with zero attached hydrogens (tertiary/aromatic N) is 1. The number of ether oxygens (including phenoxy) is 2. The molecule has 0 bridgehead atoms. The van der Waals surface area contributed by atoms with Crippen LogP contribution in [0.1, 0.15) is 20.3 Å². The minimum absolute atomic E-state index is 0.0643. The molecule has 1 saturated heterocycles. The van der Waals surface area contributed by atoms with Gasteiger partial charge in [0.1, 0.15) is 0 Å². The maximum Gasteiger partial charge on any atom is 0.410 e. The maximum absolute atomic E-state index is 11.9. The second kappa shape index (κ2) is 8.06. The second-order valence-corrected chi connectivity index (χ2v) is 6.83. The average molecular weight is 322 g/mol. The Morgan fingerprint density at radius 2 is 1.90 bits per heavy atom. The molecule has 1 N–H and O–H groups in total. The lowest BCUT2D eigenvalue weighted by Gasteiger charge is -2.27. The Hall–Kier alpha value is -1.51. The first-order valence-electron chi connectivity index (χ1n) is 6.94. The summed E-state index contributed by atoms with van der Waals surface area (Å²) in [5.74, 6) is 0.00406. The van der Waals surface area contributed by atoms with Crippen LogP contribution in [0.25, 0.3) is 0 Å². The van der Waals surface area contributed by atoms with E-state index in [1.165, 1.54) is 4.90 Å². The summed E-state index contributed by atoms with van der Waals surface area (Å²) in [6.07, 6.45) is -0.744. The fourth-order valence-electron chi connectivity index (χ4n) is 2.11. The van der Waals surface area contributed by atoms with Crippen molar-refractivity contribution in [2.75, 3.05) is 37.8 Å². The van der Waals surface area contributed by atoms with E-state index in [9.17, 15) is 18.0 Å². The number of carbonyl (C=O) groups is 2. The van der Waals surface area contributed by atoms with Crippen molar-refractivity contribution in [3.05, 3.63) is 0 Å². The van der Waals surface area contributed by atoms with Crippen molar-refractivity contribution in [1.82, 2.24) is 10.2 Å². The number of amides is 2. The maximum atomic E-state index is 11.9. The third-order valence-electron chi connectivity index (χ3n) is 3.05. The molecule has 0 aromatic rings. The molecule has 0 radical (unpaired) electrons. The van der Waals surface area contributed by atoms with Crippen LogP contribution in [-0.4, -0.2) is 69.4 Å². The van der Waals surface area contributed by atoms with Gasteiger partial charge in [-0.2, -0.15) is 0 Å². The molecule has 1 aliphatic rings. The number of carbonyl (C=O) groups excluding carboxylic acids is 2. The molecule has 21 heavy (non-hydrogen) atoms. The van der Waals surface area contributed by atoms with E-state index in [0.717, 1.165) is 0 Å². The van der Waals surface area contributed by atoms with Crippen LogP contribution in [-0.2, 0) is 19.3 Å². The second-order valence-electron chi connectivity index (χ2n) is 4.60. The quantitative estimate of drug-likeness (QED) is 0.758. The average Bonchev–Trinajstić information content (AvgIpc) is 2.75. The highest BCUT2D eigenvalue weighted by atomic mass is 32.2. The van der Waals surface area contributed by atoms with Crippen LogP contribution in [0.5, 0.6) is 0 Å². The Labute approximate surface area is 124 Å². The van der Waals surface area contributed by atoms with Crippen molar-refractivity contribution >= 4 is 22.0 Å². The first-order chi connectivity index (χ1) is 9.89. The predicted molar refractivity (Wildman–Crippen MR) is 75.8 cm³/mol. The smallest absolute Gasteiger partial charge is 0.410 e. The molecule has 1 atom stereocenters. The topological polar surface area (TPSA) is 102 Å². The van der Waals surface area contributed by atoms with Gasteiger partial charge in [-0.15, -0.1) is 0 Å². The monoisotopic (exact) mass is 322 g/mol. The van der Waals surface area contributed by atoms with Crippen molar-refractivity contribution in [2.24, 2.45) is 0 Å². The number of alkyl carbamates (subject to hydrolysis) is 1. The van der Waals surface area contributed by atoms with Crippen LogP contribution in [0.3, 0.4) is 0 Å². The lowest BCUT2D eigenvalue weighted by atomic mass is 10.2. The standard InChI is InChI=1S/C12H22N2O6S/c1-3-19-11(15)13-6-7-14(12(16)20-4-2)10-5-8-21(17,18)9-10/h10H,3-9H2,1-2H3,(H,13,15). The minimum Gasteiger partial charge on any atom is -0.450 e. The van der Waals surface area contributed by atoms with E-state index >= 15 is 0 Å². The molecule has 0 aliphatic carbocycles. The van der Waals surface area contributed by atoms with Crippen LogP contribution in [0.2, 0.25) is 0 Å². The number of hydrogen-bond donors (Lipinski definition) is 1. The largest absolute Gasteiger partial charge is 0.450 e. The zero-order valence-electron chi connectivity index (χ0n) is 12.3. The highest BCUT2D eigenvalue weighted by Crippen LogP contribution is 2.18. The first-order valence-corrected chi connectivity index (χ1v) is 8.76. The van der Waals surface area contributed by atoms with Gasteiger partial charge in [-0.25, -0.2) is 18.0 Å². The van der Waals surface area contributed by atoms with Crippen LogP contribution < -0.4 is 5.32 Å². The summed E-state index contributed by atoms with van der Waals surface area (Å²) >= 11 is 0. The highest BCUT2D eigenvalue weighted by Gasteiger charge is 2.35. The van der Waals surface area contributed by atoms with E-state index in [-0.39, 0.29) is 37.8 Å². The molecule has 0 aromatic heterocycles. The van der Waals surface area contributed by atoms with Gasteiger partial charge < -0.3 is 19.7 Å². The Kier molecular flexibility index (Phi) is 6.73. The van der Waals surface area contributed by atoms with Crippen LogP contribution in [0.15, 0.2) is 0 Å². The zero-order chi connectivity index (χ0) is 15.9. The van der Waals surface area contributed by atoms with Crippen molar-refractivity contribution in [3.8, 4) is 0 Å². The van der Waals surface area contributed by atoms with Crippen molar-refractivity contribution in [1.29, 1.82) is 0 Å². The molecule has 0 saturated carbocycles. The first kappa shape index (κ1) is 17.5. The molecular weight excluding hydrogens is 300 g/mol. The minimum atomic E-state index is -3.10. The summed E-state index contributed by atoms with van der Waals surface area (Å²) in [5, 5.41) is 2.50. The summed E-state index contributed by atoms with van der Waals surface area (Å²) in [5.41, 5.74) is 0. The zero-order valence-corrected chi connectivity index (χ0v) is 13.1. The van der Waals surface area contributed by atoms with Gasteiger partial charge in [0.25, 0.3) is 0 Å². The molecule has 122 valence electrons.